The maximum absolute atomic E-state index is 13.3. The molecule has 1 aromatic heterocycles. The largest absolute Gasteiger partial charge is 0.379 e. The van der Waals surface area contributed by atoms with Gasteiger partial charge in [-0.2, -0.15) is 0 Å². The minimum Gasteiger partial charge on any atom is -0.379 e. The molecule has 0 fully saturated rings. The molecule has 0 spiro atoms. The first-order valence-corrected chi connectivity index (χ1v) is 6.35. The standard InChI is InChI=1S/C13H16ClFN4/c1-13(2,3)19-8-10(17-18-19)7-16-9-4-5-11(14)12(15)6-9/h4-6,8,16H,7H2,1-3H3. The summed E-state index contributed by atoms with van der Waals surface area (Å²) in [4.78, 5) is 0. The fourth-order valence-electron chi connectivity index (χ4n) is 1.51. The molecule has 6 heteroatoms. The second kappa shape index (κ2) is 5.17. The van der Waals surface area contributed by atoms with Gasteiger partial charge in [0.2, 0.25) is 0 Å². The molecule has 2 rings (SSSR count). The zero-order chi connectivity index (χ0) is 14.0. The third-order valence-electron chi connectivity index (χ3n) is 2.62. The summed E-state index contributed by atoms with van der Waals surface area (Å²) < 4.78 is 15.1. The zero-order valence-corrected chi connectivity index (χ0v) is 11.9. The average molecular weight is 283 g/mol. The zero-order valence-electron chi connectivity index (χ0n) is 11.1. The molecule has 0 radical (unpaired) electrons. The molecule has 2 aromatic rings. The normalized spacial score (nSPS) is 11.6. The maximum atomic E-state index is 13.3. The Kier molecular flexibility index (Phi) is 3.75. The first-order chi connectivity index (χ1) is 8.86. The molecule has 1 heterocycles. The molecule has 0 aliphatic carbocycles. The van der Waals surface area contributed by atoms with E-state index >= 15 is 0 Å². The number of halogens is 2. The summed E-state index contributed by atoms with van der Waals surface area (Å²) in [6.45, 7) is 6.63. The molecule has 0 atom stereocenters. The van der Waals surface area contributed by atoms with Gasteiger partial charge in [-0.3, -0.25) is 0 Å². The highest BCUT2D eigenvalue weighted by Gasteiger charge is 2.14. The van der Waals surface area contributed by atoms with Crippen molar-refractivity contribution in [3.05, 3.63) is 40.9 Å². The third kappa shape index (κ3) is 3.44. The molecule has 0 unspecified atom stereocenters. The quantitative estimate of drug-likeness (QED) is 0.938. The number of anilines is 1. The van der Waals surface area contributed by atoms with Crippen LogP contribution in [0.4, 0.5) is 10.1 Å². The van der Waals surface area contributed by atoms with Gasteiger partial charge in [-0.15, -0.1) is 5.10 Å². The Labute approximate surface area is 116 Å². The van der Waals surface area contributed by atoms with Crippen LogP contribution in [-0.4, -0.2) is 15.0 Å². The lowest BCUT2D eigenvalue weighted by atomic mass is 10.1. The molecule has 0 aliphatic heterocycles. The fraction of sp³-hybridized carbons (Fsp3) is 0.385. The van der Waals surface area contributed by atoms with E-state index in [0.29, 0.717) is 12.2 Å². The first-order valence-electron chi connectivity index (χ1n) is 5.97. The monoisotopic (exact) mass is 282 g/mol. The van der Waals surface area contributed by atoms with E-state index in [1.165, 1.54) is 12.1 Å². The van der Waals surface area contributed by atoms with Crippen molar-refractivity contribution in [2.24, 2.45) is 0 Å². The van der Waals surface area contributed by atoms with Crippen LogP contribution in [0.15, 0.2) is 24.4 Å². The van der Waals surface area contributed by atoms with Crippen LogP contribution in [0.1, 0.15) is 26.5 Å². The molecule has 0 amide bonds. The van der Waals surface area contributed by atoms with Crippen molar-refractivity contribution < 1.29 is 4.39 Å². The van der Waals surface area contributed by atoms with Gasteiger partial charge < -0.3 is 5.32 Å². The van der Waals surface area contributed by atoms with E-state index in [2.05, 4.69) is 15.6 Å². The minimum absolute atomic E-state index is 0.0996. The molecule has 1 N–H and O–H groups in total. The van der Waals surface area contributed by atoms with Gasteiger partial charge in [0, 0.05) is 5.69 Å². The lowest BCUT2D eigenvalue weighted by molar-refractivity contribution is 0.347. The average Bonchev–Trinajstić information content (AvgIpc) is 2.79. The number of benzene rings is 1. The van der Waals surface area contributed by atoms with Crippen molar-refractivity contribution in [3.8, 4) is 0 Å². The molecule has 19 heavy (non-hydrogen) atoms. The Morgan fingerprint density at radius 2 is 2.11 bits per heavy atom. The van der Waals surface area contributed by atoms with E-state index in [0.717, 1.165) is 5.69 Å². The van der Waals surface area contributed by atoms with Crippen LogP contribution in [0.3, 0.4) is 0 Å². The lowest BCUT2D eigenvalue weighted by Gasteiger charge is -2.17. The molecular weight excluding hydrogens is 267 g/mol. The minimum atomic E-state index is -0.440. The van der Waals surface area contributed by atoms with Gasteiger partial charge in [0.1, 0.15) is 11.5 Å². The number of hydrogen-bond donors (Lipinski definition) is 1. The van der Waals surface area contributed by atoms with Gasteiger partial charge in [-0.05, 0) is 39.0 Å². The number of aromatic nitrogens is 3. The second-order valence-electron chi connectivity index (χ2n) is 5.31. The lowest BCUT2D eigenvalue weighted by Crippen LogP contribution is -2.22. The van der Waals surface area contributed by atoms with E-state index < -0.39 is 5.82 Å². The third-order valence-corrected chi connectivity index (χ3v) is 2.93. The highest BCUT2D eigenvalue weighted by atomic mass is 35.5. The van der Waals surface area contributed by atoms with Crippen molar-refractivity contribution in [3.63, 3.8) is 0 Å². The van der Waals surface area contributed by atoms with Gasteiger partial charge >= 0.3 is 0 Å². The van der Waals surface area contributed by atoms with Crippen LogP contribution in [0.2, 0.25) is 5.02 Å². The Bertz CT molecular complexity index is 574. The highest BCUT2D eigenvalue weighted by Crippen LogP contribution is 2.19. The molecule has 0 aliphatic rings. The van der Waals surface area contributed by atoms with Crippen LogP contribution in [0, 0.1) is 5.82 Å². The predicted octanol–water partition coefficient (Wildman–Crippen LogP) is 3.44. The maximum Gasteiger partial charge on any atom is 0.143 e. The topological polar surface area (TPSA) is 42.7 Å². The number of rotatable bonds is 3. The highest BCUT2D eigenvalue weighted by molar-refractivity contribution is 6.30. The van der Waals surface area contributed by atoms with E-state index in [1.807, 2.05) is 27.0 Å². The van der Waals surface area contributed by atoms with Crippen LogP contribution in [0.5, 0.6) is 0 Å². The Morgan fingerprint density at radius 1 is 1.37 bits per heavy atom. The van der Waals surface area contributed by atoms with Crippen molar-refractivity contribution in [1.82, 2.24) is 15.0 Å². The molecular formula is C13H16ClFN4. The van der Waals surface area contributed by atoms with Crippen LogP contribution in [0.25, 0.3) is 0 Å². The van der Waals surface area contributed by atoms with Crippen molar-refractivity contribution in [2.75, 3.05) is 5.32 Å². The molecule has 0 bridgehead atoms. The second-order valence-corrected chi connectivity index (χ2v) is 5.71. The summed E-state index contributed by atoms with van der Waals surface area (Å²) in [6, 6.07) is 4.60. The summed E-state index contributed by atoms with van der Waals surface area (Å²) in [7, 11) is 0. The number of nitrogens with zero attached hydrogens (tertiary/aromatic N) is 3. The van der Waals surface area contributed by atoms with Crippen molar-refractivity contribution >= 4 is 17.3 Å². The SMILES string of the molecule is CC(C)(C)n1cc(CNc2ccc(Cl)c(F)c2)nn1. The number of nitrogens with one attached hydrogen (secondary N) is 1. The van der Waals surface area contributed by atoms with Gasteiger partial charge in [0.25, 0.3) is 0 Å². The summed E-state index contributed by atoms with van der Waals surface area (Å²) in [5, 5.41) is 11.3. The Morgan fingerprint density at radius 3 is 2.68 bits per heavy atom. The summed E-state index contributed by atoms with van der Waals surface area (Å²) >= 11 is 5.62. The molecule has 0 saturated heterocycles. The Hall–Kier alpha value is -1.62. The molecule has 4 nitrogen and oxygen atoms in total. The number of hydrogen-bond acceptors (Lipinski definition) is 3. The van der Waals surface area contributed by atoms with Gasteiger partial charge in [0.05, 0.1) is 23.3 Å². The molecule has 0 saturated carbocycles. The molecule has 1 aromatic carbocycles. The predicted molar refractivity (Wildman–Crippen MR) is 73.8 cm³/mol. The Balaban J connectivity index is 2.02. The van der Waals surface area contributed by atoms with E-state index in [4.69, 9.17) is 11.6 Å². The van der Waals surface area contributed by atoms with E-state index in [-0.39, 0.29) is 10.6 Å². The van der Waals surface area contributed by atoms with Crippen molar-refractivity contribution in [1.29, 1.82) is 0 Å². The fourth-order valence-corrected chi connectivity index (χ4v) is 1.62. The smallest absolute Gasteiger partial charge is 0.143 e. The van der Waals surface area contributed by atoms with Crippen LogP contribution >= 0.6 is 11.6 Å². The first kappa shape index (κ1) is 13.8. The van der Waals surface area contributed by atoms with Crippen LogP contribution in [-0.2, 0) is 12.1 Å². The van der Waals surface area contributed by atoms with E-state index in [9.17, 15) is 4.39 Å². The van der Waals surface area contributed by atoms with Gasteiger partial charge in [-0.1, -0.05) is 16.8 Å². The molecule has 102 valence electrons. The van der Waals surface area contributed by atoms with Crippen molar-refractivity contribution in [2.45, 2.75) is 32.9 Å². The van der Waals surface area contributed by atoms with Crippen LogP contribution < -0.4 is 5.32 Å². The van der Waals surface area contributed by atoms with Gasteiger partial charge in [-0.25, -0.2) is 9.07 Å². The summed E-state index contributed by atoms with van der Waals surface area (Å²) in [5.41, 5.74) is 1.36. The summed E-state index contributed by atoms with van der Waals surface area (Å²) in [6.07, 6.45) is 1.87. The van der Waals surface area contributed by atoms with E-state index in [1.54, 1.807) is 10.7 Å². The van der Waals surface area contributed by atoms with Gasteiger partial charge in [0.15, 0.2) is 0 Å². The summed E-state index contributed by atoms with van der Waals surface area (Å²) in [5.74, 6) is -0.440.